The van der Waals surface area contributed by atoms with Crippen LogP contribution < -0.4 is 10.6 Å². The molecule has 3 rings (SSSR count). The van der Waals surface area contributed by atoms with Crippen LogP contribution in [0, 0.1) is 5.92 Å². The number of hydrogen-bond acceptors (Lipinski definition) is 5. The molecule has 2 amide bonds. The van der Waals surface area contributed by atoms with E-state index < -0.39 is 49.7 Å². The van der Waals surface area contributed by atoms with E-state index in [9.17, 15) is 23.8 Å². The number of hydrogen-bond donors (Lipinski definition) is 4. The molecule has 10 heteroatoms. The number of aliphatic carboxylic acids is 1. The highest BCUT2D eigenvalue weighted by Gasteiger charge is 2.37. The molecule has 3 aromatic rings. The van der Waals surface area contributed by atoms with Gasteiger partial charge in [0.15, 0.2) is 0 Å². The molecule has 0 aliphatic rings. The van der Waals surface area contributed by atoms with Gasteiger partial charge in [0.1, 0.15) is 18.9 Å². The van der Waals surface area contributed by atoms with Gasteiger partial charge < -0.3 is 25.4 Å². The summed E-state index contributed by atoms with van der Waals surface area (Å²) in [5.41, 5.74) is 2.22. The molecule has 0 saturated carbocycles. The molecule has 9 nitrogen and oxygen atoms in total. The Morgan fingerprint density at radius 1 is 0.789 bits per heavy atom. The van der Waals surface area contributed by atoms with Gasteiger partial charge in [-0.1, -0.05) is 91.0 Å². The van der Waals surface area contributed by atoms with Crippen molar-refractivity contribution in [1.29, 1.82) is 0 Å². The van der Waals surface area contributed by atoms with Crippen molar-refractivity contribution in [2.45, 2.75) is 25.2 Å². The summed E-state index contributed by atoms with van der Waals surface area (Å²) in [6.07, 6.45) is -1.18. The SMILES string of the molecule is O=C(O)CNC(=O)C(Cc1ccccc1)CP(=O)(O)[C@H](Cc1ccccc1)NC(=O)OCc1ccccc1. The molecule has 0 radical (unpaired) electrons. The Morgan fingerprint density at radius 3 is 1.82 bits per heavy atom. The molecule has 0 aromatic heterocycles. The molecule has 0 spiro atoms. The van der Waals surface area contributed by atoms with Crippen LogP contribution in [0.25, 0.3) is 0 Å². The van der Waals surface area contributed by atoms with Crippen molar-refractivity contribution in [3.05, 3.63) is 108 Å². The third kappa shape index (κ3) is 9.50. The van der Waals surface area contributed by atoms with Crippen LogP contribution in [0.3, 0.4) is 0 Å². The third-order valence-electron chi connectivity index (χ3n) is 5.85. The molecule has 4 N–H and O–H groups in total. The van der Waals surface area contributed by atoms with Crippen LogP contribution in [0.1, 0.15) is 16.7 Å². The number of amides is 2. The van der Waals surface area contributed by atoms with Gasteiger partial charge in [0.25, 0.3) is 0 Å². The minimum absolute atomic E-state index is 0.0192. The smallest absolute Gasteiger partial charge is 0.408 e. The first-order valence-electron chi connectivity index (χ1n) is 12.1. The highest BCUT2D eigenvalue weighted by atomic mass is 31.2. The summed E-state index contributed by atoms with van der Waals surface area (Å²) < 4.78 is 19.0. The van der Waals surface area contributed by atoms with Gasteiger partial charge in [0.05, 0.1) is 5.92 Å². The van der Waals surface area contributed by atoms with Crippen molar-refractivity contribution in [3.8, 4) is 0 Å². The molecule has 0 bridgehead atoms. The maximum atomic E-state index is 13.8. The zero-order valence-electron chi connectivity index (χ0n) is 20.7. The maximum Gasteiger partial charge on any atom is 0.408 e. The Kier molecular flexibility index (Phi) is 10.6. The molecule has 0 heterocycles. The molecular formula is C28H31N2O7P. The fourth-order valence-electron chi connectivity index (χ4n) is 3.92. The first kappa shape index (κ1) is 28.6. The number of carbonyl (C=O) groups excluding carboxylic acids is 2. The second kappa shape index (κ2) is 14.1. The van der Waals surface area contributed by atoms with Crippen LogP contribution in [0.4, 0.5) is 4.79 Å². The molecular weight excluding hydrogens is 507 g/mol. The van der Waals surface area contributed by atoms with Crippen molar-refractivity contribution in [2.75, 3.05) is 12.7 Å². The molecule has 3 aromatic carbocycles. The van der Waals surface area contributed by atoms with E-state index in [-0.39, 0.29) is 19.4 Å². The average molecular weight is 539 g/mol. The van der Waals surface area contributed by atoms with Gasteiger partial charge in [-0.05, 0) is 23.1 Å². The van der Waals surface area contributed by atoms with E-state index in [0.29, 0.717) is 5.56 Å². The number of carboxylic acids is 1. The molecule has 200 valence electrons. The first-order chi connectivity index (χ1) is 18.2. The third-order valence-corrected chi connectivity index (χ3v) is 8.10. The van der Waals surface area contributed by atoms with E-state index in [0.717, 1.165) is 11.1 Å². The molecule has 38 heavy (non-hydrogen) atoms. The zero-order chi connectivity index (χ0) is 27.4. The quantitative estimate of drug-likeness (QED) is 0.243. The van der Waals surface area contributed by atoms with E-state index in [4.69, 9.17) is 9.84 Å². The lowest BCUT2D eigenvalue weighted by molar-refractivity contribution is -0.138. The number of carboxylic acid groups (broad SMARTS) is 1. The van der Waals surface area contributed by atoms with Crippen LogP contribution in [0.5, 0.6) is 0 Å². The van der Waals surface area contributed by atoms with Crippen LogP contribution in [-0.2, 0) is 38.3 Å². The topological polar surface area (TPSA) is 142 Å². The Labute approximate surface area is 221 Å². The monoisotopic (exact) mass is 538 g/mol. The lowest BCUT2D eigenvalue weighted by atomic mass is 10.0. The van der Waals surface area contributed by atoms with Crippen LogP contribution in [0.2, 0.25) is 0 Å². The fourth-order valence-corrected chi connectivity index (χ4v) is 5.91. The highest BCUT2D eigenvalue weighted by molar-refractivity contribution is 7.58. The van der Waals surface area contributed by atoms with Crippen molar-refractivity contribution in [3.63, 3.8) is 0 Å². The second-order valence-corrected chi connectivity index (χ2v) is 11.3. The van der Waals surface area contributed by atoms with Crippen molar-refractivity contribution in [2.24, 2.45) is 5.92 Å². The Bertz CT molecular complexity index is 1240. The largest absolute Gasteiger partial charge is 0.480 e. The lowest BCUT2D eigenvalue weighted by Crippen LogP contribution is -2.41. The summed E-state index contributed by atoms with van der Waals surface area (Å²) in [4.78, 5) is 47.7. The van der Waals surface area contributed by atoms with E-state index >= 15 is 0 Å². The summed E-state index contributed by atoms with van der Waals surface area (Å²) in [7, 11) is -4.23. The summed E-state index contributed by atoms with van der Waals surface area (Å²) in [5.74, 6) is -4.13. The summed E-state index contributed by atoms with van der Waals surface area (Å²) in [6.45, 7) is -0.633. The van der Waals surface area contributed by atoms with Crippen LogP contribution >= 0.6 is 7.37 Å². The second-order valence-electron chi connectivity index (χ2n) is 8.85. The van der Waals surface area contributed by atoms with Crippen molar-refractivity contribution < 1.29 is 33.7 Å². The van der Waals surface area contributed by atoms with E-state index in [1.54, 1.807) is 84.9 Å². The molecule has 0 aliphatic heterocycles. The van der Waals surface area contributed by atoms with Gasteiger partial charge in [-0.25, -0.2) is 4.79 Å². The number of nitrogens with one attached hydrogen (secondary N) is 2. The van der Waals surface area contributed by atoms with Crippen molar-refractivity contribution >= 4 is 25.3 Å². The summed E-state index contributed by atoms with van der Waals surface area (Å²) in [6, 6.07) is 26.8. The molecule has 0 aliphatic carbocycles. The number of ether oxygens (including phenoxy) is 1. The summed E-state index contributed by atoms with van der Waals surface area (Å²) in [5, 5.41) is 13.8. The van der Waals surface area contributed by atoms with Gasteiger partial charge in [-0.15, -0.1) is 0 Å². The predicted molar refractivity (Wildman–Crippen MR) is 143 cm³/mol. The first-order valence-corrected chi connectivity index (χ1v) is 14.0. The normalized spacial score (nSPS) is 13.9. The van der Waals surface area contributed by atoms with Crippen LogP contribution in [-0.4, -0.2) is 46.5 Å². The lowest BCUT2D eigenvalue weighted by Gasteiger charge is -2.27. The van der Waals surface area contributed by atoms with Gasteiger partial charge in [0.2, 0.25) is 13.3 Å². The Morgan fingerprint density at radius 2 is 1.29 bits per heavy atom. The van der Waals surface area contributed by atoms with Crippen LogP contribution in [0.15, 0.2) is 91.0 Å². The minimum atomic E-state index is -4.23. The standard InChI is InChI=1S/C28H31N2O7P/c31-26(32)18-29-27(33)24(16-21-10-4-1-5-11-21)20-38(35,36)25(17-22-12-6-2-7-13-22)30-28(34)37-19-23-14-8-3-9-15-23/h1-15,24-25H,16-20H2,(H,29,33)(H,30,34)(H,31,32)(H,35,36)/t24?,25-/m1/s1. The van der Waals surface area contributed by atoms with E-state index in [1.807, 2.05) is 6.07 Å². The maximum absolute atomic E-state index is 13.8. The fraction of sp³-hybridized carbons (Fsp3) is 0.250. The molecule has 0 fully saturated rings. The number of alkyl carbamates (subject to hydrolysis) is 1. The summed E-state index contributed by atoms with van der Waals surface area (Å²) >= 11 is 0. The van der Waals surface area contributed by atoms with Crippen molar-refractivity contribution in [1.82, 2.24) is 10.6 Å². The van der Waals surface area contributed by atoms with Gasteiger partial charge in [0, 0.05) is 12.6 Å². The minimum Gasteiger partial charge on any atom is -0.480 e. The Balaban J connectivity index is 1.79. The number of rotatable bonds is 13. The highest BCUT2D eigenvalue weighted by Crippen LogP contribution is 2.48. The average Bonchev–Trinajstić information content (AvgIpc) is 2.91. The molecule has 0 saturated heterocycles. The predicted octanol–water partition coefficient (Wildman–Crippen LogP) is 3.81. The molecule has 3 atom stereocenters. The van der Waals surface area contributed by atoms with E-state index in [2.05, 4.69) is 10.6 Å². The van der Waals surface area contributed by atoms with Gasteiger partial charge in [-0.2, -0.15) is 0 Å². The van der Waals surface area contributed by atoms with E-state index in [1.165, 1.54) is 0 Å². The number of benzene rings is 3. The molecule has 2 unspecified atom stereocenters. The van der Waals surface area contributed by atoms with Gasteiger partial charge in [-0.3, -0.25) is 14.2 Å². The number of carbonyl (C=O) groups is 3. The van der Waals surface area contributed by atoms with Gasteiger partial charge >= 0.3 is 12.1 Å². The Hall–Kier alpha value is -3.94. The zero-order valence-corrected chi connectivity index (χ0v) is 21.6.